The molecule has 4 rings (SSSR count). The van der Waals surface area contributed by atoms with Crippen LogP contribution in [0.4, 0.5) is 17.6 Å². The van der Waals surface area contributed by atoms with E-state index in [0.29, 0.717) is 22.3 Å². The Balaban J connectivity index is 1.53. The molecule has 0 saturated heterocycles. The minimum atomic E-state index is -4.49. The molecule has 0 saturated carbocycles. The summed E-state index contributed by atoms with van der Waals surface area (Å²) in [6, 6.07) is 18.6. The van der Waals surface area contributed by atoms with E-state index in [-0.39, 0.29) is 22.8 Å². The van der Waals surface area contributed by atoms with Gasteiger partial charge in [-0.05, 0) is 64.2 Å². The molecule has 0 aliphatic carbocycles. The number of aromatic hydroxyl groups is 1. The standard InChI is InChI=1S/C30H22ClF4NO4/c1-40-29(39)26(14-17-2-4-18(5-3-17)21-8-12-25(32)24(31)16-21)36-28(38)23-15-20(9-13-27(23)37)19-6-10-22(11-7-19)30(33,34)35/h2-13,15-16,26,37H,14H2,1H3,(H,36,38). The number of halogens is 5. The van der Waals surface area contributed by atoms with Gasteiger partial charge in [0, 0.05) is 6.42 Å². The van der Waals surface area contributed by atoms with Gasteiger partial charge in [0.1, 0.15) is 17.6 Å². The quantitative estimate of drug-likeness (QED) is 0.184. The Morgan fingerprint density at radius 2 is 1.43 bits per heavy atom. The van der Waals surface area contributed by atoms with Gasteiger partial charge in [-0.15, -0.1) is 0 Å². The predicted octanol–water partition coefficient (Wildman–Crippen LogP) is 7.05. The van der Waals surface area contributed by atoms with Crippen LogP contribution in [0.15, 0.2) is 84.9 Å². The molecule has 5 nitrogen and oxygen atoms in total. The second-order valence-corrected chi connectivity index (χ2v) is 9.29. The zero-order chi connectivity index (χ0) is 29.0. The summed E-state index contributed by atoms with van der Waals surface area (Å²) >= 11 is 5.87. The molecule has 206 valence electrons. The third-order valence-electron chi connectivity index (χ3n) is 6.22. The molecular formula is C30H22ClF4NO4. The van der Waals surface area contributed by atoms with Crippen LogP contribution >= 0.6 is 11.6 Å². The van der Waals surface area contributed by atoms with Crippen LogP contribution in [0.25, 0.3) is 22.3 Å². The second-order valence-electron chi connectivity index (χ2n) is 8.89. The number of carbonyl (C=O) groups excluding carboxylic acids is 2. The number of benzene rings is 4. The largest absolute Gasteiger partial charge is 0.507 e. The fraction of sp³-hybridized carbons (Fsp3) is 0.133. The van der Waals surface area contributed by atoms with Crippen molar-refractivity contribution in [1.82, 2.24) is 5.32 Å². The van der Waals surface area contributed by atoms with Crippen LogP contribution in [-0.4, -0.2) is 30.1 Å². The third kappa shape index (κ3) is 6.60. The van der Waals surface area contributed by atoms with Crippen molar-refractivity contribution < 1.29 is 37.0 Å². The molecule has 0 bridgehead atoms. The predicted molar refractivity (Wildman–Crippen MR) is 142 cm³/mol. The van der Waals surface area contributed by atoms with Crippen molar-refractivity contribution in [3.8, 4) is 28.0 Å². The van der Waals surface area contributed by atoms with E-state index in [1.54, 1.807) is 30.3 Å². The Bertz CT molecular complexity index is 1540. The van der Waals surface area contributed by atoms with Crippen LogP contribution < -0.4 is 5.32 Å². The van der Waals surface area contributed by atoms with E-state index in [9.17, 15) is 32.3 Å². The summed E-state index contributed by atoms with van der Waals surface area (Å²) in [6.45, 7) is 0. The third-order valence-corrected chi connectivity index (χ3v) is 6.51. The molecule has 0 radical (unpaired) electrons. The van der Waals surface area contributed by atoms with Crippen molar-refractivity contribution in [1.29, 1.82) is 0 Å². The Hall–Kier alpha value is -4.37. The van der Waals surface area contributed by atoms with Gasteiger partial charge >= 0.3 is 12.1 Å². The highest BCUT2D eigenvalue weighted by molar-refractivity contribution is 6.31. The molecule has 0 fully saturated rings. The number of rotatable bonds is 7. The lowest BCUT2D eigenvalue weighted by Crippen LogP contribution is -2.43. The normalized spacial score (nSPS) is 12.1. The number of nitrogens with one attached hydrogen (secondary N) is 1. The molecule has 1 unspecified atom stereocenters. The van der Waals surface area contributed by atoms with E-state index in [4.69, 9.17) is 16.3 Å². The summed E-state index contributed by atoms with van der Waals surface area (Å²) < 4.78 is 57.0. The average Bonchev–Trinajstić information content (AvgIpc) is 2.94. The van der Waals surface area contributed by atoms with Crippen LogP contribution in [0.2, 0.25) is 5.02 Å². The smallest absolute Gasteiger partial charge is 0.416 e. The van der Waals surface area contributed by atoms with Crippen molar-refractivity contribution in [2.45, 2.75) is 18.6 Å². The monoisotopic (exact) mass is 571 g/mol. The Morgan fingerprint density at radius 3 is 2.00 bits per heavy atom. The minimum absolute atomic E-state index is 0.0133. The van der Waals surface area contributed by atoms with Gasteiger partial charge in [-0.2, -0.15) is 13.2 Å². The number of hydrogen-bond donors (Lipinski definition) is 2. The summed E-state index contributed by atoms with van der Waals surface area (Å²) in [7, 11) is 1.17. The maximum absolute atomic E-state index is 13.5. The van der Waals surface area contributed by atoms with Crippen molar-refractivity contribution in [2.24, 2.45) is 0 Å². The molecule has 0 aliphatic rings. The molecule has 0 aliphatic heterocycles. The van der Waals surface area contributed by atoms with Gasteiger partial charge in [-0.1, -0.05) is 60.1 Å². The van der Waals surface area contributed by atoms with E-state index in [0.717, 1.165) is 17.7 Å². The van der Waals surface area contributed by atoms with Crippen LogP contribution in [0.3, 0.4) is 0 Å². The van der Waals surface area contributed by atoms with Crippen molar-refractivity contribution >= 4 is 23.5 Å². The van der Waals surface area contributed by atoms with Crippen LogP contribution in [0.1, 0.15) is 21.5 Å². The van der Waals surface area contributed by atoms with Crippen molar-refractivity contribution in [3.05, 3.63) is 112 Å². The number of phenols is 1. The Morgan fingerprint density at radius 1 is 0.875 bits per heavy atom. The van der Waals surface area contributed by atoms with E-state index in [2.05, 4.69) is 5.32 Å². The average molecular weight is 572 g/mol. The first kappa shape index (κ1) is 28.6. The summed E-state index contributed by atoms with van der Waals surface area (Å²) in [5, 5.41) is 12.9. The molecule has 1 atom stereocenters. The fourth-order valence-corrected chi connectivity index (χ4v) is 4.25. The molecule has 4 aromatic rings. The summed E-state index contributed by atoms with van der Waals surface area (Å²) in [6.07, 6.45) is -4.43. The fourth-order valence-electron chi connectivity index (χ4n) is 4.07. The topological polar surface area (TPSA) is 75.6 Å². The number of hydrogen-bond acceptors (Lipinski definition) is 4. The minimum Gasteiger partial charge on any atom is -0.507 e. The Labute approximate surface area is 232 Å². The number of ether oxygens (including phenoxy) is 1. The highest BCUT2D eigenvalue weighted by Gasteiger charge is 2.30. The number of carbonyl (C=O) groups is 2. The van der Waals surface area contributed by atoms with Gasteiger partial charge in [-0.25, -0.2) is 9.18 Å². The molecule has 1 amide bonds. The number of esters is 1. The SMILES string of the molecule is COC(=O)C(Cc1ccc(-c2ccc(F)c(Cl)c2)cc1)NC(=O)c1cc(-c2ccc(C(F)(F)F)cc2)ccc1O. The molecule has 4 aromatic carbocycles. The Kier molecular flexibility index (Phi) is 8.44. The highest BCUT2D eigenvalue weighted by atomic mass is 35.5. The van der Waals surface area contributed by atoms with Crippen LogP contribution in [0, 0.1) is 5.82 Å². The summed E-state index contributed by atoms with van der Waals surface area (Å²) in [5.41, 5.74) is 1.93. The lowest BCUT2D eigenvalue weighted by atomic mass is 9.99. The van der Waals surface area contributed by atoms with Gasteiger partial charge in [0.05, 0.1) is 23.3 Å². The van der Waals surface area contributed by atoms with Gasteiger partial charge < -0.3 is 15.2 Å². The summed E-state index contributed by atoms with van der Waals surface area (Å²) in [5.74, 6) is -2.41. The van der Waals surface area contributed by atoms with Crippen LogP contribution in [0.5, 0.6) is 5.75 Å². The number of phenolic OH excluding ortho intramolecular Hbond substituents is 1. The van der Waals surface area contributed by atoms with Gasteiger partial charge in [-0.3, -0.25) is 4.79 Å². The van der Waals surface area contributed by atoms with Crippen molar-refractivity contribution in [2.75, 3.05) is 7.11 Å². The zero-order valence-corrected chi connectivity index (χ0v) is 21.7. The number of alkyl halides is 3. The molecular weight excluding hydrogens is 550 g/mol. The molecule has 0 spiro atoms. The van der Waals surface area contributed by atoms with Crippen molar-refractivity contribution in [3.63, 3.8) is 0 Å². The molecule has 40 heavy (non-hydrogen) atoms. The van der Waals surface area contributed by atoms with E-state index in [1.165, 1.54) is 49.6 Å². The van der Waals surface area contributed by atoms with E-state index in [1.807, 2.05) is 0 Å². The maximum Gasteiger partial charge on any atom is 0.416 e. The zero-order valence-electron chi connectivity index (χ0n) is 20.9. The van der Waals surface area contributed by atoms with Gasteiger partial charge in [0.2, 0.25) is 0 Å². The molecule has 10 heteroatoms. The first-order valence-electron chi connectivity index (χ1n) is 11.9. The van der Waals surface area contributed by atoms with E-state index < -0.39 is 35.5 Å². The van der Waals surface area contributed by atoms with E-state index >= 15 is 0 Å². The molecule has 2 N–H and O–H groups in total. The maximum atomic E-state index is 13.5. The first-order valence-corrected chi connectivity index (χ1v) is 12.3. The molecule has 0 aromatic heterocycles. The highest BCUT2D eigenvalue weighted by Crippen LogP contribution is 2.32. The van der Waals surface area contributed by atoms with Gasteiger partial charge in [0.25, 0.3) is 5.91 Å². The second kappa shape index (κ2) is 11.8. The lowest BCUT2D eigenvalue weighted by Gasteiger charge is -2.18. The van der Waals surface area contributed by atoms with Gasteiger partial charge in [0.15, 0.2) is 0 Å². The molecule has 0 heterocycles. The summed E-state index contributed by atoms with van der Waals surface area (Å²) in [4.78, 5) is 25.6. The number of methoxy groups -OCH3 is 1. The lowest BCUT2D eigenvalue weighted by molar-refractivity contribution is -0.143. The number of amides is 1. The first-order chi connectivity index (χ1) is 19.0. The van der Waals surface area contributed by atoms with Crippen LogP contribution in [-0.2, 0) is 22.1 Å².